The fourth-order valence-corrected chi connectivity index (χ4v) is 2.44. The Morgan fingerprint density at radius 2 is 2.33 bits per heavy atom. The molecule has 0 amide bonds. The maximum atomic E-state index is 9.44. The molecule has 0 fully saturated rings. The molecule has 1 atom stereocenters. The summed E-state index contributed by atoms with van der Waals surface area (Å²) in [7, 11) is 0. The molecule has 1 aromatic heterocycles. The second-order valence-electron chi connectivity index (χ2n) is 5.12. The fourth-order valence-electron chi connectivity index (χ4n) is 2.44. The lowest BCUT2D eigenvalue weighted by molar-refractivity contribution is 0.367. The number of hydrogen-bond acceptors (Lipinski definition) is 3. The van der Waals surface area contributed by atoms with Gasteiger partial charge < -0.3 is 5.11 Å². The van der Waals surface area contributed by atoms with Crippen molar-refractivity contribution in [3.63, 3.8) is 0 Å². The van der Waals surface area contributed by atoms with E-state index >= 15 is 0 Å². The van der Waals surface area contributed by atoms with Crippen LogP contribution in [0.1, 0.15) is 30.6 Å². The zero-order valence-corrected chi connectivity index (χ0v) is 10.5. The molecule has 94 valence electrons. The first kappa shape index (κ1) is 11.3. The fraction of sp³-hybridized carbons (Fsp3) is 0.429. The molecular formula is C14H17N3O. The molecule has 1 unspecified atom stereocenters. The van der Waals surface area contributed by atoms with Gasteiger partial charge in [0.1, 0.15) is 11.6 Å². The molecule has 0 saturated carbocycles. The van der Waals surface area contributed by atoms with E-state index in [1.54, 1.807) is 12.1 Å². The zero-order chi connectivity index (χ0) is 12.5. The van der Waals surface area contributed by atoms with E-state index in [-0.39, 0.29) is 0 Å². The minimum Gasteiger partial charge on any atom is -0.508 e. The number of benzene rings is 1. The number of phenols is 1. The molecule has 1 aliphatic heterocycles. The van der Waals surface area contributed by atoms with Crippen LogP contribution in [0.5, 0.6) is 5.75 Å². The van der Waals surface area contributed by atoms with Crippen LogP contribution in [-0.2, 0) is 19.4 Å². The predicted molar refractivity (Wildman–Crippen MR) is 68.4 cm³/mol. The molecule has 0 bridgehead atoms. The predicted octanol–water partition coefficient (Wildman–Crippen LogP) is 2.16. The summed E-state index contributed by atoms with van der Waals surface area (Å²) in [6.45, 7) is 3.22. The van der Waals surface area contributed by atoms with Crippen molar-refractivity contribution < 1.29 is 5.11 Å². The van der Waals surface area contributed by atoms with Crippen molar-refractivity contribution in [2.45, 2.75) is 32.7 Å². The number of hydrogen-bond donors (Lipinski definition) is 1. The molecule has 2 heterocycles. The summed E-state index contributed by atoms with van der Waals surface area (Å²) in [4.78, 5) is 4.58. The highest BCUT2D eigenvalue weighted by Gasteiger charge is 2.18. The Balaban J connectivity index is 1.82. The van der Waals surface area contributed by atoms with Crippen LogP contribution in [-0.4, -0.2) is 19.9 Å². The third kappa shape index (κ3) is 2.23. The number of phenolic OH excluding ortho intramolecular Hbond substituents is 1. The Bertz CT molecular complexity index is 562. The smallest absolute Gasteiger partial charge is 0.155 e. The van der Waals surface area contributed by atoms with Gasteiger partial charge in [-0.3, -0.25) is 0 Å². The summed E-state index contributed by atoms with van der Waals surface area (Å²) in [5.74, 6) is 2.94. The Morgan fingerprint density at radius 3 is 3.17 bits per heavy atom. The van der Waals surface area contributed by atoms with Crippen molar-refractivity contribution in [1.29, 1.82) is 0 Å². The molecule has 0 spiro atoms. The van der Waals surface area contributed by atoms with Gasteiger partial charge in [-0.2, -0.15) is 5.10 Å². The normalized spacial score (nSPS) is 18.6. The summed E-state index contributed by atoms with van der Waals surface area (Å²) in [5, 5.41) is 14.0. The Labute approximate surface area is 106 Å². The lowest BCUT2D eigenvalue weighted by atomic mass is 10.0. The molecule has 1 N–H and O–H groups in total. The minimum absolute atomic E-state index is 0.296. The summed E-state index contributed by atoms with van der Waals surface area (Å²) in [6, 6.07) is 7.28. The highest BCUT2D eigenvalue weighted by Crippen LogP contribution is 2.19. The third-order valence-corrected chi connectivity index (χ3v) is 3.41. The van der Waals surface area contributed by atoms with Crippen molar-refractivity contribution in [2.75, 3.05) is 0 Å². The van der Waals surface area contributed by atoms with E-state index in [4.69, 9.17) is 0 Å². The van der Waals surface area contributed by atoms with E-state index in [0.29, 0.717) is 18.1 Å². The second kappa shape index (κ2) is 4.44. The van der Waals surface area contributed by atoms with E-state index in [1.165, 1.54) is 6.42 Å². The number of rotatable bonds is 2. The molecule has 0 saturated heterocycles. The maximum absolute atomic E-state index is 9.44. The van der Waals surface area contributed by atoms with Crippen LogP contribution in [0.3, 0.4) is 0 Å². The van der Waals surface area contributed by atoms with Gasteiger partial charge >= 0.3 is 0 Å². The Kier molecular flexibility index (Phi) is 2.78. The molecule has 18 heavy (non-hydrogen) atoms. The molecule has 1 aromatic carbocycles. The maximum Gasteiger partial charge on any atom is 0.155 e. The standard InChI is InChI=1S/C14H17N3O/c1-10-5-6-14-15-13(16-17(14)9-10)8-11-3-2-4-12(18)7-11/h2-4,7,10,18H,5-6,8-9H2,1H3. The van der Waals surface area contributed by atoms with Gasteiger partial charge in [0.05, 0.1) is 0 Å². The summed E-state index contributed by atoms with van der Waals surface area (Å²) < 4.78 is 2.03. The van der Waals surface area contributed by atoms with Crippen molar-refractivity contribution in [2.24, 2.45) is 5.92 Å². The van der Waals surface area contributed by atoms with Crippen molar-refractivity contribution in [3.05, 3.63) is 41.5 Å². The number of aromatic nitrogens is 3. The van der Waals surface area contributed by atoms with Crippen LogP contribution in [0.15, 0.2) is 24.3 Å². The molecule has 4 nitrogen and oxygen atoms in total. The largest absolute Gasteiger partial charge is 0.508 e. The number of nitrogens with zero attached hydrogens (tertiary/aromatic N) is 3. The minimum atomic E-state index is 0.296. The quantitative estimate of drug-likeness (QED) is 0.879. The molecule has 1 aliphatic rings. The van der Waals surface area contributed by atoms with Crippen LogP contribution < -0.4 is 0 Å². The highest BCUT2D eigenvalue weighted by atomic mass is 16.3. The zero-order valence-electron chi connectivity index (χ0n) is 10.5. The lowest BCUT2D eigenvalue weighted by Crippen LogP contribution is -2.18. The third-order valence-electron chi connectivity index (χ3n) is 3.41. The lowest BCUT2D eigenvalue weighted by Gasteiger charge is -2.17. The molecule has 2 aromatic rings. The monoisotopic (exact) mass is 243 g/mol. The van der Waals surface area contributed by atoms with Crippen molar-refractivity contribution in [1.82, 2.24) is 14.8 Å². The van der Waals surface area contributed by atoms with Crippen LogP contribution >= 0.6 is 0 Å². The van der Waals surface area contributed by atoms with Crippen LogP contribution in [0.4, 0.5) is 0 Å². The van der Waals surface area contributed by atoms with Gasteiger partial charge in [0.15, 0.2) is 5.82 Å². The van der Waals surface area contributed by atoms with Gasteiger partial charge in [-0.05, 0) is 30.0 Å². The first-order valence-electron chi connectivity index (χ1n) is 6.41. The molecule has 0 aliphatic carbocycles. The number of fused-ring (bicyclic) bond motifs is 1. The van der Waals surface area contributed by atoms with Crippen molar-refractivity contribution in [3.8, 4) is 5.75 Å². The average molecular weight is 243 g/mol. The van der Waals surface area contributed by atoms with E-state index in [2.05, 4.69) is 17.0 Å². The van der Waals surface area contributed by atoms with Crippen LogP contribution in [0, 0.1) is 5.92 Å². The van der Waals surface area contributed by atoms with Crippen molar-refractivity contribution >= 4 is 0 Å². The first-order chi connectivity index (χ1) is 8.70. The van der Waals surface area contributed by atoms with Crippen LogP contribution in [0.2, 0.25) is 0 Å². The van der Waals surface area contributed by atoms with E-state index in [1.807, 2.05) is 16.8 Å². The molecule has 0 radical (unpaired) electrons. The van der Waals surface area contributed by atoms with E-state index < -0.39 is 0 Å². The highest BCUT2D eigenvalue weighted by molar-refractivity contribution is 5.29. The Hall–Kier alpha value is -1.84. The van der Waals surface area contributed by atoms with Gasteiger partial charge in [-0.1, -0.05) is 19.1 Å². The summed E-state index contributed by atoms with van der Waals surface area (Å²) in [5.41, 5.74) is 1.05. The molecule has 3 rings (SSSR count). The second-order valence-corrected chi connectivity index (χ2v) is 5.12. The van der Waals surface area contributed by atoms with Gasteiger partial charge in [-0.25, -0.2) is 9.67 Å². The van der Waals surface area contributed by atoms with Gasteiger partial charge in [0, 0.05) is 19.4 Å². The topological polar surface area (TPSA) is 50.9 Å². The number of aromatic hydroxyl groups is 1. The summed E-state index contributed by atoms with van der Waals surface area (Å²) >= 11 is 0. The average Bonchev–Trinajstić information content (AvgIpc) is 2.70. The van der Waals surface area contributed by atoms with Crippen LogP contribution in [0.25, 0.3) is 0 Å². The van der Waals surface area contributed by atoms with Gasteiger partial charge in [-0.15, -0.1) is 0 Å². The molecule has 4 heteroatoms. The van der Waals surface area contributed by atoms with Gasteiger partial charge in [0.2, 0.25) is 0 Å². The number of aryl methyl sites for hydroxylation is 1. The SMILES string of the molecule is CC1CCc2nc(Cc3cccc(O)c3)nn2C1. The first-order valence-corrected chi connectivity index (χ1v) is 6.41. The summed E-state index contributed by atoms with van der Waals surface area (Å²) in [6.07, 6.45) is 2.90. The Morgan fingerprint density at radius 1 is 1.44 bits per heavy atom. The van der Waals surface area contributed by atoms with E-state index in [0.717, 1.165) is 30.2 Å². The van der Waals surface area contributed by atoms with E-state index in [9.17, 15) is 5.11 Å². The molecular weight excluding hydrogens is 226 g/mol. The van der Waals surface area contributed by atoms with Gasteiger partial charge in [0.25, 0.3) is 0 Å².